The zero-order chi connectivity index (χ0) is 17.6. The quantitative estimate of drug-likeness (QED) is 0.875. The zero-order valence-corrected chi connectivity index (χ0v) is 14.0. The maximum Gasteiger partial charge on any atom is 0.224 e. The molecule has 2 aromatic rings. The topological polar surface area (TPSA) is 49.4 Å². The van der Waals surface area contributed by atoms with Crippen molar-refractivity contribution in [3.8, 4) is 0 Å². The number of rotatable bonds is 6. The van der Waals surface area contributed by atoms with Gasteiger partial charge in [0.25, 0.3) is 0 Å². The molecule has 0 unspecified atom stereocenters. The molecule has 3 rings (SSSR count). The van der Waals surface area contributed by atoms with Gasteiger partial charge in [0.1, 0.15) is 5.82 Å². The number of carbonyl (C=O) groups excluding carboxylic acids is 2. The van der Waals surface area contributed by atoms with Crippen LogP contribution in [-0.2, 0) is 22.6 Å². The summed E-state index contributed by atoms with van der Waals surface area (Å²) >= 11 is 0. The molecule has 1 aliphatic heterocycles. The third-order valence-electron chi connectivity index (χ3n) is 4.29. The lowest BCUT2D eigenvalue weighted by atomic mass is 10.1. The minimum Gasteiger partial charge on any atom is -0.338 e. The molecule has 130 valence electrons. The molecule has 0 saturated carbocycles. The van der Waals surface area contributed by atoms with Crippen LogP contribution in [-0.4, -0.2) is 23.3 Å². The predicted octanol–water partition coefficient (Wildman–Crippen LogP) is 3.52. The Balaban J connectivity index is 1.54. The van der Waals surface area contributed by atoms with Crippen molar-refractivity contribution in [3.05, 3.63) is 65.5 Å². The second-order valence-corrected chi connectivity index (χ2v) is 6.30. The Bertz CT molecular complexity index is 776. The lowest BCUT2D eigenvalue weighted by Gasteiger charge is -2.16. The van der Waals surface area contributed by atoms with E-state index in [0.717, 1.165) is 24.1 Å². The fourth-order valence-electron chi connectivity index (χ4n) is 3.01. The fourth-order valence-corrected chi connectivity index (χ4v) is 3.01. The average molecular weight is 340 g/mol. The number of amides is 2. The summed E-state index contributed by atoms with van der Waals surface area (Å²) in [5.74, 6) is -0.217. The molecule has 5 heteroatoms. The summed E-state index contributed by atoms with van der Waals surface area (Å²) in [7, 11) is 0. The molecule has 2 aromatic carbocycles. The smallest absolute Gasteiger partial charge is 0.224 e. The molecule has 1 aliphatic rings. The molecule has 1 heterocycles. The first-order chi connectivity index (χ1) is 12.1. The van der Waals surface area contributed by atoms with Gasteiger partial charge in [-0.25, -0.2) is 4.39 Å². The minimum atomic E-state index is -0.290. The van der Waals surface area contributed by atoms with Crippen LogP contribution in [0, 0.1) is 5.82 Å². The summed E-state index contributed by atoms with van der Waals surface area (Å²) in [6.07, 6.45) is 2.32. The summed E-state index contributed by atoms with van der Waals surface area (Å²) in [5, 5.41) is 2.87. The molecule has 4 nitrogen and oxygen atoms in total. The predicted molar refractivity (Wildman–Crippen MR) is 94.4 cm³/mol. The maximum absolute atomic E-state index is 13.1. The van der Waals surface area contributed by atoms with Crippen LogP contribution >= 0.6 is 0 Å². The van der Waals surface area contributed by atoms with E-state index < -0.39 is 0 Å². The third-order valence-corrected chi connectivity index (χ3v) is 4.29. The number of nitrogens with one attached hydrogen (secondary N) is 1. The minimum absolute atomic E-state index is 0.112. The molecule has 1 fully saturated rings. The van der Waals surface area contributed by atoms with E-state index in [0.29, 0.717) is 25.1 Å². The molecular formula is C20H21FN2O2. The largest absolute Gasteiger partial charge is 0.338 e. The van der Waals surface area contributed by atoms with Crippen LogP contribution in [0.5, 0.6) is 0 Å². The fraction of sp³-hybridized carbons (Fsp3) is 0.300. The molecule has 25 heavy (non-hydrogen) atoms. The van der Waals surface area contributed by atoms with Crippen LogP contribution in [0.4, 0.5) is 10.1 Å². The van der Waals surface area contributed by atoms with Crippen molar-refractivity contribution < 1.29 is 14.0 Å². The van der Waals surface area contributed by atoms with Gasteiger partial charge in [-0.15, -0.1) is 0 Å². The summed E-state index contributed by atoms with van der Waals surface area (Å²) in [5.41, 5.74) is 2.52. The molecule has 0 aliphatic carbocycles. The highest BCUT2D eigenvalue weighted by molar-refractivity contribution is 5.90. The van der Waals surface area contributed by atoms with E-state index in [1.165, 1.54) is 12.1 Å². The van der Waals surface area contributed by atoms with Crippen molar-refractivity contribution in [2.45, 2.75) is 32.2 Å². The van der Waals surface area contributed by atoms with Gasteiger partial charge in [-0.3, -0.25) is 9.59 Å². The number of likely N-dealkylation sites (tertiary alicyclic amines) is 1. The van der Waals surface area contributed by atoms with Crippen molar-refractivity contribution >= 4 is 17.5 Å². The Morgan fingerprint density at radius 1 is 1.12 bits per heavy atom. The number of benzene rings is 2. The highest BCUT2D eigenvalue weighted by Gasteiger charge is 2.20. The molecule has 1 N–H and O–H groups in total. The second-order valence-electron chi connectivity index (χ2n) is 6.30. The van der Waals surface area contributed by atoms with Gasteiger partial charge >= 0.3 is 0 Å². The Labute approximate surface area is 146 Å². The number of hydrogen-bond acceptors (Lipinski definition) is 2. The SMILES string of the molecule is O=C(CCc1cccc(F)c1)Nc1cccc(CN2CCCC2=O)c1. The molecule has 0 spiro atoms. The first-order valence-corrected chi connectivity index (χ1v) is 8.51. The number of carbonyl (C=O) groups is 2. The molecule has 0 aromatic heterocycles. The van der Waals surface area contributed by atoms with Gasteiger partial charge in [0.15, 0.2) is 0 Å². The van der Waals surface area contributed by atoms with E-state index in [9.17, 15) is 14.0 Å². The van der Waals surface area contributed by atoms with Crippen LogP contribution in [0.3, 0.4) is 0 Å². The van der Waals surface area contributed by atoms with Gasteiger partial charge in [-0.2, -0.15) is 0 Å². The zero-order valence-electron chi connectivity index (χ0n) is 14.0. The highest BCUT2D eigenvalue weighted by Crippen LogP contribution is 2.17. The van der Waals surface area contributed by atoms with Crippen LogP contribution in [0.25, 0.3) is 0 Å². The first kappa shape index (κ1) is 17.1. The van der Waals surface area contributed by atoms with E-state index in [2.05, 4.69) is 5.32 Å². The van der Waals surface area contributed by atoms with Crippen molar-refractivity contribution in [1.82, 2.24) is 4.90 Å². The van der Waals surface area contributed by atoms with E-state index in [1.54, 1.807) is 6.07 Å². The van der Waals surface area contributed by atoms with E-state index in [4.69, 9.17) is 0 Å². The molecule has 0 atom stereocenters. The van der Waals surface area contributed by atoms with Crippen molar-refractivity contribution in [2.75, 3.05) is 11.9 Å². The van der Waals surface area contributed by atoms with E-state index in [1.807, 2.05) is 35.2 Å². The van der Waals surface area contributed by atoms with Crippen molar-refractivity contribution in [2.24, 2.45) is 0 Å². The lowest BCUT2D eigenvalue weighted by molar-refractivity contribution is -0.128. The van der Waals surface area contributed by atoms with E-state index >= 15 is 0 Å². The van der Waals surface area contributed by atoms with Gasteiger partial charge in [0, 0.05) is 31.6 Å². The van der Waals surface area contributed by atoms with Gasteiger partial charge in [0.05, 0.1) is 0 Å². The van der Waals surface area contributed by atoms with Gasteiger partial charge < -0.3 is 10.2 Å². The third kappa shape index (κ3) is 4.89. The monoisotopic (exact) mass is 340 g/mol. The normalized spacial score (nSPS) is 14.0. The molecule has 1 saturated heterocycles. The van der Waals surface area contributed by atoms with Gasteiger partial charge in [-0.1, -0.05) is 24.3 Å². The summed E-state index contributed by atoms with van der Waals surface area (Å²) < 4.78 is 13.1. The van der Waals surface area contributed by atoms with Crippen LogP contribution < -0.4 is 5.32 Å². The second kappa shape index (κ2) is 7.92. The van der Waals surface area contributed by atoms with Crippen LogP contribution in [0.15, 0.2) is 48.5 Å². The van der Waals surface area contributed by atoms with Crippen LogP contribution in [0.1, 0.15) is 30.4 Å². The number of aryl methyl sites for hydroxylation is 1. The van der Waals surface area contributed by atoms with E-state index in [-0.39, 0.29) is 24.1 Å². The number of anilines is 1. The summed E-state index contributed by atoms with van der Waals surface area (Å²) in [6.45, 7) is 1.37. The molecular weight excluding hydrogens is 319 g/mol. The summed E-state index contributed by atoms with van der Waals surface area (Å²) in [4.78, 5) is 25.7. The standard InChI is InChI=1S/C20H21FN2O2/c21-17-6-1-4-15(12-17)9-10-19(24)22-18-7-2-5-16(13-18)14-23-11-3-8-20(23)25/h1-2,4-7,12-13H,3,8-11,14H2,(H,22,24). The number of halogens is 1. The highest BCUT2D eigenvalue weighted by atomic mass is 19.1. The molecule has 2 amide bonds. The van der Waals surface area contributed by atoms with Crippen molar-refractivity contribution in [3.63, 3.8) is 0 Å². The maximum atomic E-state index is 13.1. The van der Waals surface area contributed by atoms with Crippen LogP contribution in [0.2, 0.25) is 0 Å². The molecule has 0 radical (unpaired) electrons. The Morgan fingerprint density at radius 3 is 2.68 bits per heavy atom. The van der Waals surface area contributed by atoms with Gasteiger partial charge in [0.2, 0.25) is 11.8 Å². The summed E-state index contributed by atoms with van der Waals surface area (Å²) in [6, 6.07) is 13.8. The molecule has 0 bridgehead atoms. The number of hydrogen-bond donors (Lipinski definition) is 1. The average Bonchev–Trinajstić information content (AvgIpc) is 2.98. The Morgan fingerprint density at radius 2 is 1.92 bits per heavy atom. The lowest BCUT2D eigenvalue weighted by Crippen LogP contribution is -2.23. The van der Waals surface area contributed by atoms with Gasteiger partial charge in [-0.05, 0) is 48.2 Å². The Hall–Kier alpha value is -2.69. The number of nitrogens with zero attached hydrogens (tertiary/aromatic N) is 1. The van der Waals surface area contributed by atoms with Crippen molar-refractivity contribution in [1.29, 1.82) is 0 Å². The Kier molecular flexibility index (Phi) is 5.43. The first-order valence-electron chi connectivity index (χ1n) is 8.51.